The molecular weight excluding hydrogens is 798 g/mol. The van der Waals surface area contributed by atoms with Crippen molar-refractivity contribution in [1.82, 2.24) is 0 Å². The maximum atomic E-state index is 12.7. The number of quaternary nitrogens is 1. The Kier molecular flexibility index (Phi) is 42.3. The van der Waals surface area contributed by atoms with E-state index in [1.807, 2.05) is 27.2 Å². The van der Waals surface area contributed by atoms with Crippen LogP contribution in [-0.2, 0) is 32.7 Å². The summed E-state index contributed by atoms with van der Waals surface area (Å²) in [6, 6.07) is 0. The highest BCUT2D eigenvalue weighted by Crippen LogP contribution is 2.38. The Bertz CT molecular complexity index is 1240. The van der Waals surface area contributed by atoms with Gasteiger partial charge in [-0.05, 0) is 77.0 Å². The number of rotatable bonds is 45. The summed E-state index contributed by atoms with van der Waals surface area (Å²) in [5, 5.41) is 0. The van der Waals surface area contributed by atoms with E-state index in [0.29, 0.717) is 23.9 Å². The number of hydrogen-bond donors (Lipinski definition) is 0. The maximum Gasteiger partial charge on any atom is 0.306 e. The Hall–Kier alpha value is -2.29. The van der Waals surface area contributed by atoms with Gasteiger partial charge in [0.2, 0.25) is 0 Å². The van der Waals surface area contributed by atoms with E-state index in [4.69, 9.17) is 18.5 Å². The van der Waals surface area contributed by atoms with Gasteiger partial charge in [0.15, 0.2) is 6.10 Å². The van der Waals surface area contributed by atoms with Crippen molar-refractivity contribution in [2.75, 3.05) is 47.5 Å². The number of allylic oxidation sites excluding steroid dienone is 10. The molecule has 1 unspecified atom stereocenters. The van der Waals surface area contributed by atoms with Crippen LogP contribution in [-0.4, -0.2) is 70.0 Å². The van der Waals surface area contributed by atoms with Gasteiger partial charge in [-0.1, -0.05) is 177 Å². The van der Waals surface area contributed by atoms with Gasteiger partial charge in [0.05, 0.1) is 27.7 Å². The third-order valence-electron chi connectivity index (χ3n) is 10.5. The molecule has 0 rings (SSSR count). The van der Waals surface area contributed by atoms with Gasteiger partial charge >= 0.3 is 11.9 Å². The molecule has 0 aromatic carbocycles. The smallest absolute Gasteiger partial charge is 0.306 e. The van der Waals surface area contributed by atoms with Crippen LogP contribution < -0.4 is 4.89 Å². The van der Waals surface area contributed by atoms with Crippen LogP contribution in [0.5, 0.6) is 0 Å². The lowest BCUT2D eigenvalue weighted by molar-refractivity contribution is -0.870. The second-order valence-corrected chi connectivity index (χ2v) is 19.2. The molecule has 9 nitrogen and oxygen atoms in total. The van der Waals surface area contributed by atoms with Gasteiger partial charge in [-0.25, -0.2) is 0 Å². The Morgan fingerprint density at radius 2 is 0.887 bits per heavy atom. The average molecular weight is 892 g/mol. The van der Waals surface area contributed by atoms with Crippen molar-refractivity contribution in [3.63, 3.8) is 0 Å². The number of esters is 2. The van der Waals surface area contributed by atoms with Crippen LogP contribution in [0.25, 0.3) is 0 Å². The molecule has 0 radical (unpaired) electrons. The van der Waals surface area contributed by atoms with E-state index in [9.17, 15) is 19.0 Å². The van der Waals surface area contributed by atoms with Crippen molar-refractivity contribution in [3.05, 3.63) is 60.8 Å². The van der Waals surface area contributed by atoms with Crippen LogP contribution in [0.1, 0.15) is 206 Å². The minimum absolute atomic E-state index is 0.0431. The number of nitrogens with zero attached hydrogens (tertiary/aromatic N) is 1. The first-order valence-corrected chi connectivity index (χ1v) is 26.5. The first-order chi connectivity index (χ1) is 30.0. The van der Waals surface area contributed by atoms with Gasteiger partial charge < -0.3 is 27.9 Å². The van der Waals surface area contributed by atoms with Gasteiger partial charge in [0.25, 0.3) is 7.82 Å². The number of phosphoric acid groups is 1. The minimum atomic E-state index is -4.65. The number of carbonyl (C=O) groups excluding carboxylic acids is 2. The molecule has 0 spiro atoms. The first-order valence-electron chi connectivity index (χ1n) is 25.0. The molecule has 0 aliphatic carbocycles. The fourth-order valence-corrected chi connectivity index (χ4v) is 7.31. The van der Waals surface area contributed by atoms with E-state index >= 15 is 0 Å². The Labute approximate surface area is 381 Å². The van der Waals surface area contributed by atoms with E-state index in [0.717, 1.165) is 44.9 Å². The lowest BCUT2D eigenvalue weighted by Gasteiger charge is -2.28. The van der Waals surface area contributed by atoms with Gasteiger partial charge in [-0.15, -0.1) is 0 Å². The topological polar surface area (TPSA) is 111 Å². The molecule has 62 heavy (non-hydrogen) atoms. The van der Waals surface area contributed by atoms with Crippen molar-refractivity contribution in [2.45, 2.75) is 213 Å². The van der Waals surface area contributed by atoms with Gasteiger partial charge in [-0.3, -0.25) is 14.2 Å². The highest BCUT2D eigenvalue weighted by molar-refractivity contribution is 7.45. The summed E-state index contributed by atoms with van der Waals surface area (Å²) in [4.78, 5) is 37.6. The number of carbonyl (C=O) groups is 2. The molecule has 0 aliphatic heterocycles. The Balaban J connectivity index is 4.39. The molecule has 0 aromatic heterocycles. The van der Waals surface area contributed by atoms with Crippen molar-refractivity contribution >= 4 is 19.8 Å². The summed E-state index contributed by atoms with van der Waals surface area (Å²) in [6.45, 7) is 4.16. The van der Waals surface area contributed by atoms with Crippen molar-refractivity contribution in [1.29, 1.82) is 0 Å². The van der Waals surface area contributed by atoms with Crippen LogP contribution >= 0.6 is 7.82 Å². The van der Waals surface area contributed by atoms with Crippen LogP contribution in [0.15, 0.2) is 60.8 Å². The van der Waals surface area contributed by atoms with E-state index in [1.54, 1.807) is 0 Å². The van der Waals surface area contributed by atoms with Crippen molar-refractivity contribution < 1.29 is 42.1 Å². The minimum Gasteiger partial charge on any atom is -0.756 e. The van der Waals surface area contributed by atoms with Gasteiger partial charge in [0.1, 0.15) is 19.8 Å². The molecule has 0 heterocycles. The average Bonchev–Trinajstić information content (AvgIpc) is 3.23. The number of ether oxygens (including phenoxy) is 2. The molecular formula is C52H94NO8P. The second-order valence-electron chi connectivity index (χ2n) is 17.8. The zero-order chi connectivity index (χ0) is 45.7. The molecule has 2 atom stereocenters. The van der Waals surface area contributed by atoms with E-state index in [-0.39, 0.29) is 26.1 Å². The molecule has 0 saturated heterocycles. The highest BCUT2D eigenvalue weighted by Gasteiger charge is 2.21. The van der Waals surface area contributed by atoms with Gasteiger partial charge in [0, 0.05) is 12.8 Å². The zero-order valence-electron chi connectivity index (χ0n) is 40.6. The predicted molar refractivity (Wildman–Crippen MR) is 259 cm³/mol. The quantitative estimate of drug-likeness (QED) is 0.0195. The maximum absolute atomic E-state index is 12.7. The molecule has 0 bridgehead atoms. The first kappa shape index (κ1) is 59.7. The summed E-state index contributed by atoms with van der Waals surface area (Å²) in [5.41, 5.74) is 0. The molecule has 0 aromatic rings. The fraction of sp³-hybridized carbons (Fsp3) is 0.769. The highest BCUT2D eigenvalue weighted by atomic mass is 31.2. The third-order valence-corrected chi connectivity index (χ3v) is 11.5. The number of likely N-dealkylation sites (N-methyl/N-ethyl adjacent to an activating group) is 1. The molecule has 10 heteroatoms. The number of unbranched alkanes of at least 4 members (excludes halogenated alkanes) is 21. The standard InChI is InChI=1S/C52H94NO8P/c1-6-8-10-12-14-16-18-20-22-24-25-26-27-29-31-33-35-37-39-41-43-45-52(55)61-50(49-60-62(56,57)59-47-46-53(3,4)5)48-58-51(54)44-42-40-38-36-34-32-30-28-23-21-19-17-15-13-11-9-7-2/h17,19,22,24,26-27,31,33,37,39,50H,6-16,18,20-21,23,25,28-30,32,34-36,38,40-49H2,1-5H3/b19-17+,24-22+,27-26+,33-31+,39-37+/t50-/m1/s1. The largest absolute Gasteiger partial charge is 0.756 e. The van der Waals surface area contributed by atoms with Crippen molar-refractivity contribution in [2.24, 2.45) is 0 Å². The number of phosphoric ester groups is 1. The van der Waals surface area contributed by atoms with Crippen LogP contribution in [0.3, 0.4) is 0 Å². The monoisotopic (exact) mass is 892 g/mol. The van der Waals surface area contributed by atoms with Crippen LogP contribution in [0, 0.1) is 0 Å². The molecule has 0 fully saturated rings. The third kappa shape index (κ3) is 47.2. The summed E-state index contributed by atoms with van der Waals surface area (Å²) < 4.78 is 33.9. The van der Waals surface area contributed by atoms with E-state index in [2.05, 4.69) is 68.5 Å². The lowest BCUT2D eigenvalue weighted by atomic mass is 10.1. The molecule has 0 aliphatic rings. The summed E-state index contributed by atoms with van der Waals surface area (Å²) in [7, 11) is 1.13. The normalized spacial score (nSPS) is 14.0. The molecule has 0 saturated carbocycles. The molecule has 0 N–H and O–H groups in total. The van der Waals surface area contributed by atoms with E-state index < -0.39 is 32.5 Å². The fourth-order valence-electron chi connectivity index (χ4n) is 6.58. The zero-order valence-corrected chi connectivity index (χ0v) is 41.4. The summed E-state index contributed by atoms with van der Waals surface area (Å²) in [6.07, 6.45) is 54.0. The predicted octanol–water partition coefficient (Wildman–Crippen LogP) is 14.2. The summed E-state index contributed by atoms with van der Waals surface area (Å²) in [5.74, 6) is -0.902. The van der Waals surface area contributed by atoms with Crippen LogP contribution in [0.2, 0.25) is 0 Å². The van der Waals surface area contributed by atoms with Crippen LogP contribution in [0.4, 0.5) is 0 Å². The number of hydrogen-bond acceptors (Lipinski definition) is 8. The molecule has 0 amide bonds. The Morgan fingerprint density at radius 1 is 0.500 bits per heavy atom. The molecule has 360 valence electrons. The SMILES string of the molecule is CCCCCC/C=C/CCCCCCCCCCCC(=O)OC[C@H](COP(=O)([O-])OCC[N+](C)(C)C)OC(=O)CCC/C=C/C/C=C/C/C=C/C/C=C/CCCCCCCCC. The van der Waals surface area contributed by atoms with Gasteiger partial charge in [-0.2, -0.15) is 0 Å². The van der Waals surface area contributed by atoms with E-state index in [1.165, 1.54) is 122 Å². The van der Waals surface area contributed by atoms with Crippen molar-refractivity contribution in [3.8, 4) is 0 Å². The summed E-state index contributed by atoms with van der Waals surface area (Å²) >= 11 is 0. The Morgan fingerprint density at radius 3 is 1.37 bits per heavy atom. The second kappa shape index (κ2) is 43.9. The lowest BCUT2D eigenvalue weighted by Crippen LogP contribution is -2.37.